The van der Waals surface area contributed by atoms with Crippen molar-refractivity contribution in [2.24, 2.45) is 5.92 Å². The van der Waals surface area contributed by atoms with E-state index in [1.54, 1.807) is 4.90 Å². The van der Waals surface area contributed by atoms with E-state index in [1.165, 1.54) is 0 Å². The third-order valence-corrected chi connectivity index (χ3v) is 5.10. The first-order valence-corrected chi connectivity index (χ1v) is 8.46. The number of para-hydroxylation sites is 1. The molecular weight excluding hydrogens is 346 g/mol. The number of nitrogens with zero attached hydrogens (tertiary/aromatic N) is 2. The molecule has 0 bridgehead atoms. The molecule has 2 aliphatic rings. The van der Waals surface area contributed by atoms with E-state index in [4.69, 9.17) is 0 Å². The summed E-state index contributed by atoms with van der Waals surface area (Å²) < 4.78 is 0.881. The summed E-state index contributed by atoms with van der Waals surface area (Å²) >= 11 is 3.48. The molecule has 1 unspecified atom stereocenters. The van der Waals surface area contributed by atoms with Crippen LogP contribution < -0.4 is 10.2 Å². The van der Waals surface area contributed by atoms with Crippen molar-refractivity contribution in [1.29, 1.82) is 0 Å². The fourth-order valence-electron chi connectivity index (χ4n) is 3.19. The average Bonchev–Trinajstić information content (AvgIpc) is 2.89. The van der Waals surface area contributed by atoms with Crippen molar-refractivity contribution in [3.8, 4) is 0 Å². The van der Waals surface area contributed by atoms with Crippen LogP contribution in [-0.2, 0) is 9.59 Å². The molecule has 2 aliphatic heterocycles. The van der Waals surface area contributed by atoms with E-state index in [0.717, 1.165) is 23.2 Å². The zero-order valence-electron chi connectivity index (χ0n) is 12.6. The van der Waals surface area contributed by atoms with Crippen molar-refractivity contribution >= 4 is 33.4 Å². The largest absolute Gasteiger partial charge is 0.337 e. The first-order valence-electron chi connectivity index (χ1n) is 7.66. The highest BCUT2D eigenvalue weighted by molar-refractivity contribution is 9.10. The average molecular weight is 366 g/mol. The van der Waals surface area contributed by atoms with Gasteiger partial charge in [0.05, 0.1) is 5.69 Å². The summed E-state index contributed by atoms with van der Waals surface area (Å²) in [6, 6.07) is 7.78. The van der Waals surface area contributed by atoms with Crippen LogP contribution in [0.2, 0.25) is 0 Å². The van der Waals surface area contributed by atoms with Gasteiger partial charge in [0.2, 0.25) is 11.8 Å². The molecule has 2 amide bonds. The Labute approximate surface area is 138 Å². The number of carbonyl (C=O) groups excluding carboxylic acids is 2. The summed E-state index contributed by atoms with van der Waals surface area (Å²) in [6.07, 6.45) is 0.593. The molecule has 2 heterocycles. The number of amides is 2. The second-order valence-electron chi connectivity index (χ2n) is 5.87. The van der Waals surface area contributed by atoms with Crippen LogP contribution in [0.1, 0.15) is 13.3 Å². The van der Waals surface area contributed by atoms with E-state index in [1.807, 2.05) is 36.1 Å². The van der Waals surface area contributed by atoms with E-state index >= 15 is 0 Å². The Bertz CT molecular complexity index is 593. The van der Waals surface area contributed by atoms with Gasteiger partial charge < -0.3 is 15.1 Å². The lowest BCUT2D eigenvalue weighted by Gasteiger charge is -2.35. The summed E-state index contributed by atoms with van der Waals surface area (Å²) in [7, 11) is 0. The third-order valence-electron chi connectivity index (χ3n) is 4.43. The molecule has 6 heteroatoms. The number of benzene rings is 1. The van der Waals surface area contributed by atoms with E-state index in [-0.39, 0.29) is 17.9 Å². The Kier molecular flexibility index (Phi) is 4.49. The van der Waals surface area contributed by atoms with E-state index in [0.29, 0.717) is 19.5 Å². The lowest BCUT2D eigenvalue weighted by atomic mass is 10.0. The molecule has 3 rings (SSSR count). The molecule has 0 aliphatic carbocycles. The van der Waals surface area contributed by atoms with Gasteiger partial charge in [-0.2, -0.15) is 0 Å². The molecule has 5 nitrogen and oxygen atoms in total. The van der Waals surface area contributed by atoms with Gasteiger partial charge in [0.25, 0.3) is 0 Å². The van der Waals surface area contributed by atoms with Gasteiger partial charge in [0.1, 0.15) is 5.92 Å². The molecule has 22 heavy (non-hydrogen) atoms. The van der Waals surface area contributed by atoms with Crippen molar-refractivity contribution in [2.45, 2.75) is 19.4 Å². The summed E-state index contributed by atoms with van der Waals surface area (Å²) in [5, 5.41) is 3.27. The smallest absolute Gasteiger partial charge is 0.239 e. The first-order chi connectivity index (χ1) is 10.6. The van der Waals surface area contributed by atoms with Gasteiger partial charge >= 0.3 is 0 Å². The lowest BCUT2D eigenvalue weighted by molar-refractivity contribution is -0.142. The number of hydrogen-bond donors (Lipinski definition) is 1. The van der Waals surface area contributed by atoms with Crippen LogP contribution in [0.25, 0.3) is 0 Å². The Hall–Kier alpha value is -1.40. The highest BCUT2D eigenvalue weighted by Crippen LogP contribution is 2.32. The zero-order valence-corrected chi connectivity index (χ0v) is 14.2. The monoisotopic (exact) mass is 365 g/mol. The highest BCUT2D eigenvalue weighted by Gasteiger charge is 2.41. The molecule has 0 spiro atoms. The molecule has 0 aromatic heterocycles. The molecule has 0 radical (unpaired) electrons. The normalized spacial score (nSPS) is 25.6. The number of piperazine rings is 1. The number of anilines is 1. The quantitative estimate of drug-likeness (QED) is 0.810. The van der Waals surface area contributed by atoms with Gasteiger partial charge in [-0.05, 0) is 41.4 Å². The second-order valence-corrected chi connectivity index (χ2v) is 6.72. The molecule has 2 saturated heterocycles. The Morgan fingerprint density at radius 3 is 2.82 bits per heavy atom. The minimum Gasteiger partial charge on any atom is -0.337 e. The fourth-order valence-corrected chi connectivity index (χ4v) is 3.69. The van der Waals surface area contributed by atoms with Gasteiger partial charge in [-0.3, -0.25) is 9.59 Å². The Balaban J connectivity index is 1.76. The van der Waals surface area contributed by atoms with Gasteiger partial charge in [-0.15, -0.1) is 0 Å². The molecule has 1 aromatic rings. The van der Waals surface area contributed by atoms with Crippen molar-refractivity contribution in [3.63, 3.8) is 0 Å². The van der Waals surface area contributed by atoms with Gasteiger partial charge in [-0.1, -0.05) is 12.1 Å². The van der Waals surface area contributed by atoms with Gasteiger partial charge in [-0.25, -0.2) is 0 Å². The Morgan fingerprint density at radius 1 is 1.32 bits per heavy atom. The van der Waals surface area contributed by atoms with Gasteiger partial charge in [0.15, 0.2) is 0 Å². The molecular formula is C16H20BrN3O2. The zero-order chi connectivity index (χ0) is 15.7. The lowest BCUT2D eigenvalue weighted by Crippen LogP contribution is -2.54. The molecule has 0 saturated carbocycles. The summed E-state index contributed by atoms with van der Waals surface area (Å²) in [5.74, 6) is -0.635. The van der Waals surface area contributed by atoms with Crippen molar-refractivity contribution in [2.75, 3.05) is 31.1 Å². The van der Waals surface area contributed by atoms with Crippen LogP contribution in [0, 0.1) is 5.92 Å². The number of carbonyl (C=O) groups is 2. The number of rotatable bonds is 2. The predicted molar refractivity (Wildman–Crippen MR) is 88.6 cm³/mol. The minimum absolute atomic E-state index is 0.0199. The summed E-state index contributed by atoms with van der Waals surface area (Å²) in [5.41, 5.74) is 0.844. The summed E-state index contributed by atoms with van der Waals surface area (Å²) in [6.45, 7) is 4.89. The van der Waals surface area contributed by atoms with E-state index in [2.05, 4.69) is 21.2 Å². The van der Waals surface area contributed by atoms with E-state index < -0.39 is 5.92 Å². The van der Waals surface area contributed by atoms with Crippen LogP contribution in [0.3, 0.4) is 0 Å². The number of nitrogens with one attached hydrogen (secondary N) is 1. The van der Waals surface area contributed by atoms with Gasteiger partial charge in [0, 0.05) is 36.7 Å². The van der Waals surface area contributed by atoms with Crippen LogP contribution in [-0.4, -0.2) is 48.9 Å². The molecule has 118 valence electrons. The minimum atomic E-state index is -0.535. The predicted octanol–water partition coefficient (Wildman–Crippen LogP) is 1.62. The van der Waals surface area contributed by atoms with Crippen molar-refractivity contribution < 1.29 is 9.59 Å². The van der Waals surface area contributed by atoms with Crippen LogP contribution in [0.5, 0.6) is 0 Å². The second kappa shape index (κ2) is 6.38. The van der Waals surface area contributed by atoms with Crippen LogP contribution in [0.4, 0.5) is 5.69 Å². The van der Waals surface area contributed by atoms with Crippen LogP contribution in [0.15, 0.2) is 28.7 Å². The Morgan fingerprint density at radius 2 is 2.09 bits per heavy atom. The molecule has 1 N–H and O–H groups in total. The summed E-state index contributed by atoms with van der Waals surface area (Å²) in [4.78, 5) is 29.0. The maximum Gasteiger partial charge on any atom is 0.239 e. The highest BCUT2D eigenvalue weighted by atomic mass is 79.9. The SMILES string of the molecule is C[C@@H]1CNCCN1C(=O)C1CCN(c2ccccc2Br)C1=O. The topological polar surface area (TPSA) is 52.7 Å². The third kappa shape index (κ3) is 2.77. The van der Waals surface area contributed by atoms with Crippen molar-refractivity contribution in [3.05, 3.63) is 28.7 Å². The maximum atomic E-state index is 12.7. The first kappa shape index (κ1) is 15.5. The number of halogens is 1. The molecule has 2 atom stereocenters. The van der Waals surface area contributed by atoms with E-state index in [9.17, 15) is 9.59 Å². The molecule has 1 aromatic carbocycles. The molecule has 2 fully saturated rings. The fraction of sp³-hybridized carbons (Fsp3) is 0.500. The maximum absolute atomic E-state index is 12.7. The number of hydrogen-bond acceptors (Lipinski definition) is 3. The van der Waals surface area contributed by atoms with Crippen LogP contribution >= 0.6 is 15.9 Å². The standard InChI is InChI=1S/C16H20BrN3O2/c1-11-10-18-7-9-19(11)15(21)12-6-8-20(16(12)22)14-5-3-2-4-13(14)17/h2-5,11-12,18H,6-10H2,1H3/t11-,12?/m1/s1. The van der Waals surface area contributed by atoms with Crippen molar-refractivity contribution in [1.82, 2.24) is 10.2 Å².